The molecule has 0 saturated carbocycles. The first-order valence-corrected chi connectivity index (χ1v) is 8.89. The summed E-state index contributed by atoms with van der Waals surface area (Å²) in [5, 5.41) is 0. The maximum Gasteiger partial charge on any atom is 0.222 e. The van der Waals surface area contributed by atoms with Gasteiger partial charge in [-0.2, -0.15) is 0 Å². The molecule has 0 aliphatic carbocycles. The number of rotatable bonds is 5. The van der Waals surface area contributed by atoms with E-state index in [1.54, 1.807) is 0 Å². The summed E-state index contributed by atoms with van der Waals surface area (Å²) in [4.78, 5) is 16.4. The Morgan fingerprint density at radius 3 is 2.54 bits per heavy atom. The van der Waals surface area contributed by atoms with Crippen molar-refractivity contribution >= 4 is 5.91 Å². The molecule has 1 heterocycles. The lowest BCUT2D eigenvalue weighted by Crippen LogP contribution is -2.46. The smallest absolute Gasteiger partial charge is 0.222 e. The van der Waals surface area contributed by atoms with E-state index in [2.05, 4.69) is 57.0 Å². The van der Waals surface area contributed by atoms with E-state index in [1.807, 2.05) is 11.9 Å². The summed E-state index contributed by atoms with van der Waals surface area (Å²) < 4.78 is 5.74. The number of morpholine rings is 1. The average Bonchev–Trinajstić information content (AvgIpc) is 2.52. The summed E-state index contributed by atoms with van der Waals surface area (Å²) in [7, 11) is 3.97. The fraction of sp³-hybridized carbons (Fsp3) is 0.650. The number of carbonyl (C=O) groups excluding carboxylic acids is 1. The fourth-order valence-electron chi connectivity index (χ4n) is 3.00. The van der Waals surface area contributed by atoms with Gasteiger partial charge >= 0.3 is 0 Å². The highest BCUT2D eigenvalue weighted by atomic mass is 16.5. The molecule has 1 aliphatic rings. The third kappa shape index (κ3) is 5.60. The first kappa shape index (κ1) is 18.9. The van der Waals surface area contributed by atoms with Crippen molar-refractivity contribution in [1.29, 1.82) is 0 Å². The SMILES string of the molecule is CN1CCOC(CN(C)C(=O)CCc2ccc(C(C)(C)C)cc2)C1. The number of benzene rings is 1. The van der Waals surface area contributed by atoms with Gasteiger partial charge in [0, 0.05) is 33.1 Å². The van der Waals surface area contributed by atoms with Crippen LogP contribution in [0.3, 0.4) is 0 Å². The molecule has 1 amide bonds. The fourth-order valence-corrected chi connectivity index (χ4v) is 3.00. The van der Waals surface area contributed by atoms with Gasteiger partial charge in [-0.05, 0) is 30.0 Å². The zero-order valence-corrected chi connectivity index (χ0v) is 15.8. The number of carbonyl (C=O) groups is 1. The van der Waals surface area contributed by atoms with Crippen LogP contribution in [0, 0.1) is 0 Å². The van der Waals surface area contributed by atoms with Gasteiger partial charge in [-0.15, -0.1) is 0 Å². The maximum atomic E-state index is 12.4. The monoisotopic (exact) mass is 332 g/mol. The second-order valence-electron chi connectivity index (χ2n) is 7.98. The molecule has 0 radical (unpaired) electrons. The maximum absolute atomic E-state index is 12.4. The van der Waals surface area contributed by atoms with Crippen LogP contribution in [0.5, 0.6) is 0 Å². The van der Waals surface area contributed by atoms with Gasteiger partial charge < -0.3 is 14.5 Å². The van der Waals surface area contributed by atoms with Gasteiger partial charge in [0.25, 0.3) is 0 Å². The Hall–Kier alpha value is -1.39. The van der Waals surface area contributed by atoms with Crippen molar-refractivity contribution in [2.24, 2.45) is 0 Å². The Kier molecular flexibility index (Phi) is 6.41. The molecule has 1 aromatic rings. The number of aryl methyl sites for hydroxylation is 1. The van der Waals surface area contributed by atoms with Gasteiger partial charge in [0.2, 0.25) is 5.91 Å². The number of ether oxygens (including phenoxy) is 1. The molecule has 134 valence electrons. The van der Waals surface area contributed by atoms with E-state index >= 15 is 0 Å². The minimum Gasteiger partial charge on any atom is -0.374 e. The van der Waals surface area contributed by atoms with Crippen molar-refractivity contribution in [3.8, 4) is 0 Å². The molecule has 4 nitrogen and oxygen atoms in total. The van der Waals surface area contributed by atoms with Crippen molar-refractivity contribution in [2.75, 3.05) is 40.3 Å². The Morgan fingerprint density at radius 1 is 1.29 bits per heavy atom. The molecular formula is C20H32N2O2. The molecule has 1 aromatic carbocycles. The molecule has 0 bridgehead atoms. The van der Waals surface area contributed by atoms with E-state index in [1.165, 1.54) is 11.1 Å². The van der Waals surface area contributed by atoms with Gasteiger partial charge in [0.05, 0.1) is 12.7 Å². The predicted octanol–water partition coefficient (Wildman–Crippen LogP) is 2.71. The molecular weight excluding hydrogens is 300 g/mol. The topological polar surface area (TPSA) is 32.8 Å². The normalized spacial score (nSPS) is 19.3. The Bertz CT molecular complexity index is 534. The van der Waals surface area contributed by atoms with Crippen LogP contribution in [-0.2, 0) is 21.4 Å². The molecule has 0 N–H and O–H groups in total. The summed E-state index contributed by atoms with van der Waals surface area (Å²) in [5.41, 5.74) is 2.72. The van der Waals surface area contributed by atoms with Crippen molar-refractivity contribution in [3.63, 3.8) is 0 Å². The number of nitrogens with zero attached hydrogens (tertiary/aromatic N) is 2. The lowest BCUT2D eigenvalue weighted by Gasteiger charge is -2.32. The summed E-state index contributed by atoms with van der Waals surface area (Å²) in [6.07, 6.45) is 1.47. The predicted molar refractivity (Wildman–Crippen MR) is 98.3 cm³/mol. The number of likely N-dealkylation sites (N-methyl/N-ethyl adjacent to an activating group) is 2. The minimum absolute atomic E-state index is 0.128. The van der Waals surface area contributed by atoms with Gasteiger partial charge in [-0.1, -0.05) is 45.0 Å². The van der Waals surface area contributed by atoms with Crippen LogP contribution in [0.2, 0.25) is 0 Å². The van der Waals surface area contributed by atoms with Gasteiger partial charge in [-0.3, -0.25) is 4.79 Å². The average molecular weight is 332 g/mol. The zero-order chi connectivity index (χ0) is 17.7. The third-order valence-electron chi connectivity index (χ3n) is 4.69. The van der Waals surface area contributed by atoms with E-state index in [0.717, 1.165) is 26.1 Å². The van der Waals surface area contributed by atoms with E-state index < -0.39 is 0 Å². The molecule has 4 heteroatoms. The van der Waals surface area contributed by atoms with Gasteiger partial charge in [0.15, 0.2) is 0 Å². The van der Waals surface area contributed by atoms with Crippen LogP contribution in [0.25, 0.3) is 0 Å². The summed E-state index contributed by atoms with van der Waals surface area (Å²) in [6.45, 7) is 9.93. The van der Waals surface area contributed by atoms with Crippen LogP contribution in [0.15, 0.2) is 24.3 Å². The first-order valence-electron chi connectivity index (χ1n) is 8.89. The highest BCUT2D eigenvalue weighted by Crippen LogP contribution is 2.22. The molecule has 0 aromatic heterocycles. The minimum atomic E-state index is 0.128. The molecule has 1 atom stereocenters. The van der Waals surface area contributed by atoms with Crippen LogP contribution >= 0.6 is 0 Å². The molecule has 1 saturated heterocycles. The van der Waals surface area contributed by atoms with Crippen molar-refractivity contribution in [1.82, 2.24) is 9.80 Å². The standard InChI is InChI=1S/C20H32N2O2/c1-20(2,3)17-9-6-16(7-10-17)8-11-19(23)22(5)15-18-14-21(4)12-13-24-18/h6-7,9-10,18H,8,11-15H2,1-5H3. The highest BCUT2D eigenvalue weighted by molar-refractivity contribution is 5.76. The summed E-state index contributed by atoms with van der Waals surface area (Å²) in [5.74, 6) is 0.187. The number of amides is 1. The van der Waals surface area contributed by atoms with Gasteiger partial charge in [-0.25, -0.2) is 0 Å². The van der Waals surface area contributed by atoms with Crippen LogP contribution < -0.4 is 0 Å². The van der Waals surface area contributed by atoms with Crippen molar-refractivity contribution < 1.29 is 9.53 Å². The lowest BCUT2D eigenvalue weighted by atomic mass is 9.86. The quantitative estimate of drug-likeness (QED) is 0.831. The summed E-state index contributed by atoms with van der Waals surface area (Å²) >= 11 is 0. The second kappa shape index (κ2) is 8.13. The van der Waals surface area contributed by atoms with Crippen LogP contribution in [0.4, 0.5) is 0 Å². The second-order valence-corrected chi connectivity index (χ2v) is 7.98. The molecule has 1 aliphatic heterocycles. The Balaban J connectivity index is 1.79. The number of hydrogen-bond acceptors (Lipinski definition) is 3. The molecule has 1 fully saturated rings. The molecule has 1 unspecified atom stereocenters. The van der Waals surface area contributed by atoms with Crippen molar-refractivity contribution in [3.05, 3.63) is 35.4 Å². The highest BCUT2D eigenvalue weighted by Gasteiger charge is 2.21. The number of hydrogen-bond donors (Lipinski definition) is 0. The third-order valence-corrected chi connectivity index (χ3v) is 4.69. The Labute approximate surface area is 146 Å². The Morgan fingerprint density at radius 2 is 1.96 bits per heavy atom. The molecule has 24 heavy (non-hydrogen) atoms. The molecule has 2 rings (SSSR count). The van der Waals surface area contributed by atoms with Gasteiger partial charge in [0.1, 0.15) is 0 Å². The van der Waals surface area contributed by atoms with E-state index in [9.17, 15) is 4.79 Å². The lowest BCUT2D eigenvalue weighted by molar-refractivity contribution is -0.132. The van der Waals surface area contributed by atoms with E-state index in [-0.39, 0.29) is 17.4 Å². The van der Waals surface area contributed by atoms with E-state index in [0.29, 0.717) is 13.0 Å². The largest absolute Gasteiger partial charge is 0.374 e. The summed E-state index contributed by atoms with van der Waals surface area (Å²) in [6, 6.07) is 8.64. The molecule has 0 spiro atoms. The zero-order valence-electron chi connectivity index (χ0n) is 15.8. The van der Waals surface area contributed by atoms with Crippen LogP contribution in [0.1, 0.15) is 38.3 Å². The first-order chi connectivity index (χ1) is 11.3. The van der Waals surface area contributed by atoms with Crippen LogP contribution in [-0.4, -0.2) is 62.1 Å². The van der Waals surface area contributed by atoms with E-state index in [4.69, 9.17) is 4.74 Å². The van der Waals surface area contributed by atoms with Crippen molar-refractivity contribution in [2.45, 2.75) is 45.1 Å².